The zero-order chi connectivity index (χ0) is 5.70. The molecule has 0 aromatic carbocycles. The number of rotatable bonds is 2. The maximum absolute atomic E-state index is 9.56. The van der Waals surface area contributed by atoms with Crippen molar-refractivity contribution in [3.05, 3.63) is 19.4 Å². The molecule has 1 N–H and O–H groups in total. The van der Waals surface area contributed by atoms with E-state index in [1.165, 1.54) is 0 Å². The van der Waals surface area contributed by atoms with Crippen LogP contribution in [0.4, 0.5) is 0 Å². The second kappa shape index (κ2) is 3.21. The predicted octanol–water partition coefficient (Wildman–Crippen LogP) is 0.393. The quantitative estimate of drug-likeness (QED) is 0.404. The summed E-state index contributed by atoms with van der Waals surface area (Å²) in [5.74, 6) is -1.04. The van der Waals surface area contributed by atoms with Crippen molar-refractivity contribution in [3.8, 4) is 0 Å². The van der Waals surface area contributed by atoms with Gasteiger partial charge in [-0.25, -0.2) is 4.79 Å². The van der Waals surface area contributed by atoms with Gasteiger partial charge in [0.1, 0.15) is 7.11 Å². The van der Waals surface area contributed by atoms with Crippen LogP contribution < -0.4 is 0 Å². The largest absolute Gasteiger partial charge is 0.497 e. The molecular weight excluding hydrogens is 96.0 g/mol. The topological polar surface area (TPSA) is 46.5 Å². The summed E-state index contributed by atoms with van der Waals surface area (Å²) >= 11 is 0. The van der Waals surface area contributed by atoms with E-state index in [0.717, 1.165) is 12.3 Å². The van der Waals surface area contributed by atoms with Gasteiger partial charge in [-0.15, -0.1) is 0 Å². The van der Waals surface area contributed by atoms with Crippen LogP contribution in [0.3, 0.4) is 0 Å². The molecular formula is C4H5O3. The van der Waals surface area contributed by atoms with Crippen LogP contribution in [0, 0.1) is 7.11 Å². The molecule has 0 saturated heterocycles. The Morgan fingerprint density at radius 1 is 1.86 bits per heavy atom. The summed E-state index contributed by atoms with van der Waals surface area (Å²) in [7, 11) is 2.91. The molecule has 0 aliphatic carbocycles. The Labute approximate surface area is 41.2 Å². The van der Waals surface area contributed by atoms with Crippen molar-refractivity contribution in [2.24, 2.45) is 0 Å². The average Bonchev–Trinajstić information content (AvgIpc) is 1.61. The first kappa shape index (κ1) is 6.01. The Hall–Kier alpha value is -0.990. The maximum atomic E-state index is 9.56. The minimum Gasteiger partial charge on any atom is -0.497 e. The summed E-state index contributed by atoms with van der Waals surface area (Å²) in [6.45, 7) is 0. The molecule has 0 heterocycles. The minimum absolute atomic E-state index is 0.854. The standard InChI is InChI=1S/C4H5O3/c1-7-3-2-4(5)6/h2-3H,1H2,(H,5,6). The molecule has 1 radical (unpaired) electrons. The Morgan fingerprint density at radius 2 is 2.43 bits per heavy atom. The molecule has 0 amide bonds. The zero-order valence-electron chi connectivity index (χ0n) is 3.63. The van der Waals surface area contributed by atoms with E-state index in [4.69, 9.17) is 5.11 Å². The molecule has 0 rings (SSSR count). The van der Waals surface area contributed by atoms with Crippen molar-refractivity contribution in [2.75, 3.05) is 0 Å². The van der Waals surface area contributed by atoms with Gasteiger partial charge in [0.2, 0.25) is 0 Å². The first-order valence-corrected chi connectivity index (χ1v) is 1.57. The van der Waals surface area contributed by atoms with Gasteiger partial charge in [0.15, 0.2) is 0 Å². The molecule has 7 heavy (non-hydrogen) atoms. The van der Waals surface area contributed by atoms with E-state index in [-0.39, 0.29) is 0 Å². The molecule has 0 aromatic heterocycles. The number of hydrogen-bond acceptors (Lipinski definition) is 2. The molecule has 0 bridgehead atoms. The third-order valence-corrected chi connectivity index (χ3v) is 0.307. The summed E-state index contributed by atoms with van der Waals surface area (Å²) in [5.41, 5.74) is 0. The lowest BCUT2D eigenvalue weighted by atomic mass is 10.7. The molecule has 0 aromatic rings. The Morgan fingerprint density at radius 3 is 2.57 bits per heavy atom. The van der Waals surface area contributed by atoms with Crippen molar-refractivity contribution < 1.29 is 14.6 Å². The van der Waals surface area contributed by atoms with Crippen molar-refractivity contribution in [1.29, 1.82) is 0 Å². The van der Waals surface area contributed by atoms with Crippen LogP contribution in [-0.2, 0) is 9.53 Å². The monoisotopic (exact) mass is 101 g/mol. The second-order valence-corrected chi connectivity index (χ2v) is 0.808. The molecule has 0 aliphatic rings. The highest BCUT2D eigenvalue weighted by atomic mass is 16.5. The van der Waals surface area contributed by atoms with Crippen LogP contribution in [-0.4, -0.2) is 11.1 Å². The highest BCUT2D eigenvalue weighted by molar-refractivity contribution is 5.79. The van der Waals surface area contributed by atoms with Crippen LogP contribution in [0.25, 0.3) is 0 Å². The van der Waals surface area contributed by atoms with Crippen molar-refractivity contribution in [3.63, 3.8) is 0 Å². The van der Waals surface area contributed by atoms with E-state index in [9.17, 15) is 4.79 Å². The van der Waals surface area contributed by atoms with Crippen LogP contribution in [0.5, 0.6) is 0 Å². The van der Waals surface area contributed by atoms with Crippen molar-refractivity contribution >= 4 is 5.97 Å². The first-order valence-electron chi connectivity index (χ1n) is 1.57. The Kier molecular flexibility index (Phi) is 2.76. The van der Waals surface area contributed by atoms with Crippen molar-refractivity contribution in [1.82, 2.24) is 0 Å². The van der Waals surface area contributed by atoms with Gasteiger partial charge in [0, 0.05) is 0 Å². The van der Waals surface area contributed by atoms with Crippen LogP contribution >= 0.6 is 0 Å². The lowest BCUT2D eigenvalue weighted by Gasteiger charge is -1.79. The van der Waals surface area contributed by atoms with Gasteiger partial charge in [-0.05, 0) is 0 Å². The summed E-state index contributed by atoms with van der Waals surface area (Å²) in [6, 6.07) is 0. The molecule has 3 nitrogen and oxygen atoms in total. The van der Waals surface area contributed by atoms with Crippen LogP contribution in [0.15, 0.2) is 12.3 Å². The van der Waals surface area contributed by atoms with E-state index in [2.05, 4.69) is 11.8 Å². The number of aliphatic carboxylic acids is 1. The molecule has 39 valence electrons. The van der Waals surface area contributed by atoms with Gasteiger partial charge < -0.3 is 9.84 Å². The van der Waals surface area contributed by atoms with Gasteiger partial charge in [-0.1, -0.05) is 0 Å². The fourth-order valence-electron chi connectivity index (χ4n) is 0.106. The zero-order valence-corrected chi connectivity index (χ0v) is 3.63. The third-order valence-electron chi connectivity index (χ3n) is 0.307. The molecule has 0 saturated carbocycles. The molecule has 0 fully saturated rings. The molecule has 0 spiro atoms. The number of carboxylic acid groups (broad SMARTS) is 1. The van der Waals surface area contributed by atoms with E-state index in [1.807, 2.05) is 0 Å². The summed E-state index contributed by atoms with van der Waals surface area (Å²) in [5, 5.41) is 7.85. The van der Waals surface area contributed by atoms with Crippen LogP contribution in [0.1, 0.15) is 0 Å². The number of carboxylic acids is 1. The normalized spacial score (nSPS) is 9.29. The number of ether oxygens (including phenoxy) is 1. The van der Waals surface area contributed by atoms with Gasteiger partial charge >= 0.3 is 5.97 Å². The van der Waals surface area contributed by atoms with Crippen molar-refractivity contribution in [2.45, 2.75) is 0 Å². The predicted molar refractivity (Wildman–Crippen MR) is 23.2 cm³/mol. The van der Waals surface area contributed by atoms with E-state index >= 15 is 0 Å². The van der Waals surface area contributed by atoms with E-state index in [1.54, 1.807) is 0 Å². The third kappa shape index (κ3) is 5.01. The van der Waals surface area contributed by atoms with Gasteiger partial charge in [-0.3, -0.25) is 0 Å². The van der Waals surface area contributed by atoms with Gasteiger partial charge in [0.05, 0.1) is 12.3 Å². The fourth-order valence-corrected chi connectivity index (χ4v) is 0.106. The second-order valence-electron chi connectivity index (χ2n) is 0.808. The lowest BCUT2D eigenvalue weighted by Crippen LogP contribution is -1.85. The summed E-state index contributed by atoms with van der Waals surface area (Å²) in [6.07, 6.45) is 1.84. The SMILES string of the molecule is [CH2]OC=CC(=O)O. The Bertz CT molecular complexity index is 84.9. The lowest BCUT2D eigenvalue weighted by molar-refractivity contribution is -0.131. The molecule has 3 heteroatoms. The highest BCUT2D eigenvalue weighted by Gasteiger charge is 1.80. The van der Waals surface area contributed by atoms with Gasteiger partial charge in [0.25, 0.3) is 0 Å². The van der Waals surface area contributed by atoms with E-state index in [0.29, 0.717) is 0 Å². The van der Waals surface area contributed by atoms with E-state index < -0.39 is 5.97 Å². The summed E-state index contributed by atoms with van der Waals surface area (Å²) in [4.78, 5) is 9.56. The highest BCUT2D eigenvalue weighted by Crippen LogP contribution is 1.71. The Balaban J connectivity index is 3.26. The molecule has 0 atom stereocenters. The minimum atomic E-state index is -1.04. The number of carbonyl (C=O) groups is 1. The smallest absolute Gasteiger partial charge is 0.331 e. The molecule has 0 unspecified atom stereocenters. The summed E-state index contributed by atoms with van der Waals surface area (Å²) < 4.78 is 4.04. The number of hydrogen-bond donors (Lipinski definition) is 1. The first-order chi connectivity index (χ1) is 3.27. The van der Waals surface area contributed by atoms with Crippen LogP contribution in [0.2, 0.25) is 0 Å². The maximum Gasteiger partial charge on any atom is 0.331 e. The fraction of sp³-hybridized carbons (Fsp3) is 0. The molecule has 0 aliphatic heterocycles. The average molecular weight is 101 g/mol. The van der Waals surface area contributed by atoms with Gasteiger partial charge in [-0.2, -0.15) is 0 Å².